The normalized spacial score (nSPS) is 20.3. The zero-order valence-electron chi connectivity index (χ0n) is 19.6. The molecule has 0 aromatic heterocycles. The van der Waals surface area contributed by atoms with Crippen LogP contribution in [0.25, 0.3) is 0 Å². The number of carbonyl (C=O) groups is 1. The van der Waals surface area contributed by atoms with E-state index in [2.05, 4.69) is 4.72 Å². The standard InChI is InChI=1S/C24H33N3O5S/c1-17-14-27(18(2)16-28)24(29)13-19-12-20(10-11-22(19)32-23(17)15-26(3)4)25-33(30,31)21-8-6-5-7-9-21/h5-12,17-18,23,25,28H,13-16H2,1-4H3/t17-,18+,23+/m0/s1. The molecule has 0 bridgehead atoms. The van der Waals surface area contributed by atoms with Gasteiger partial charge in [-0.1, -0.05) is 25.1 Å². The van der Waals surface area contributed by atoms with E-state index in [0.717, 1.165) is 0 Å². The highest BCUT2D eigenvalue weighted by Gasteiger charge is 2.31. The Labute approximate surface area is 196 Å². The summed E-state index contributed by atoms with van der Waals surface area (Å²) in [5.41, 5.74) is 0.952. The first-order chi connectivity index (χ1) is 15.6. The van der Waals surface area contributed by atoms with Crippen LogP contribution in [0, 0.1) is 5.92 Å². The molecule has 2 aromatic carbocycles. The fourth-order valence-electron chi connectivity index (χ4n) is 3.88. The van der Waals surface area contributed by atoms with Gasteiger partial charge in [-0.05, 0) is 51.4 Å². The SMILES string of the molecule is C[C@H](CO)N1C[C@H](C)[C@@H](CN(C)C)Oc2ccc(NS(=O)(=O)c3ccccc3)cc2CC1=O. The summed E-state index contributed by atoms with van der Waals surface area (Å²) in [6, 6.07) is 12.8. The van der Waals surface area contributed by atoms with Gasteiger partial charge in [0.2, 0.25) is 5.91 Å². The predicted molar refractivity (Wildman–Crippen MR) is 128 cm³/mol. The minimum atomic E-state index is -3.77. The highest BCUT2D eigenvalue weighted by atomic mass is 32.2. The van der Waals surface area contributed by atoms with Crippen LogP contribution >= 0.6 is 0 Å². The van der Waals surface area contributed by atoms with Crippen LogP contribution in [0.15, 0.2) is 53.4 Å². The van der Waals surface area contributed by atoms with Gasteiger partial charge in [0.05, 0.1) is 24.0 Å². The molecule has 0 radical (unpaired) electrons. The Morgan fingerprint density at radius 2 is 1.91 bits per heavy atom. The van der Waals surface area contributed by atoms with Gasteiger partial charge < -0.3 is 19.6 Å². The van der Waals surface area contributed by atoms with E-state index >= 15 is 0 Å². The molecule has 0 aliphatic carbocycles. The Kier molecular flexibility index (Phi) is 7.99. The van der Waals surface area contributed by atoms with Gasteiger partial charge in [0.15, 0.2) is 0 Å². The smallest absolute Gasteiger partial charge is 0.261 e. The van der Waals surface area contributed by atoms with Gasteiger partial charge in [0, 0.05) is 30.3 Å². The van der Waals surface area contributed by atoms with Gasteiger partial charge in [0.25, 0.3) is 10.0 Å². The van der Waals surface area contributed by atoms with Crippen LogP contribution in [0.3, 0.4) is 0 Å². The van der Waals surface area contributed by atoms with Crippen LogP contribution in [-0.4, -0.2) is 75.2 Å². The molecule has 8 nitrogen and oxygen atoms in total. The molecule has 3 atom stereocenters. The Morgan fingerprint density at radius 1 is 1.21 bits per heavy atom. The van der Waals surface area contributed by atoms with Crippen molar-refractivity contribution in [3.63, 3.8) is 0 Å². The monoisotopic (exact) mass is 475 g/mol. The topological polar surface area (TPSA) is 99.2 Å². The summed E-state index contributed by atoms with van der Waals surface area (Å²) in [6.07, 6.45) is -0.146. The van der Waals surface area contributed by atoms with E-state index < -0.39 is 10.0 Å². The maximum Gasteiger partial charge on any atom is 0.261 e. The fraction of sp³-hybridized carbons (Fsp3) is 0.458. The third-order valence-corrected chi connectivity index (χ3v) is 7.16. The number of amides is 1. The first-order valence-corrected chi connectivity index (χ1v) is 12.5. The van der Waals surface area contributed by atoms with E-state index in [-0.39, 0.29) is 41.9 Å². The van der Waals surface area contributed by atoms with Crippen molar-refractivity contribution in [2.75, 3.05) is 38.5 Å². The van der Waals surface area contributed by atoms with Crippen LogP contribution in [0.1, 0.15) is 19.4 Å². The summed E-state index contributed by atoms with van der Waals surface area (Å²) in [6.45, 7) is 4.82. The third-order valence-electron chi connectivity index (χ3n) is 5.77. The number of hydrogen-bond donors (Lipinski definition) is 2. The average Bonchev–Trinajstić information content (AvgIpc) is 2.81. The minimum Gasteiger partial charge on any atom is -0.488 e. The van der Waals surface area contributed by atoms with Crippen molar-refractivity contribution in [3.05, 3.63) is 54.1 Å². The van der Waals surface area contributed by atoms with Crippen molar-refractivity contribution in [3.8, 4) is 5.75 Å². The zero-order valence-corrected chi connectivity index (χ0v) is 20.4. The van der Waals surface area contributed by atoms with Crippen LogP contribution in [0.4, 0.5) is 5.69 Å². The average molecular weight is 476 g/mol. The third kappa shape index (κ3) is 6.25. The van der Waals surface area contributed by atoms with Crippen molar-refractivity contribution in [1.29, 1.82) is 0 Å². The molecule has 1 aliphatic heterocycles. The maximum atomic E-state index is 13.2. The number of aliphatic hydroxyl groups is 1. The summed E-state index contributed by atoms with van der Waals surface area (Å²) < 4.78 is 34.5. The first-order valence-electron chi connectivity index (χ1n) is 11.0. The number of carbonyl (C=O) groups excluding carboxylic acids is 1. The number of anilines is 1. The molecule has 1 heterocycles. The summed E-state index contributed by atoms with van der Waals surface area (Å²) in [5.74, 6) is 0.442. The van der Waals surface area contributed by atoms with E-state index in [1.807, 2.05) is 32.8 Å². The van der Waals surface area contributed by atoms with Crippen LogP contribution in [0.5, 0.6) is 5.75 Å². The summed E-state index contributed by atoms with van der Waals surface area (Å²) in [5, 5.41) is 9.70. The van der Waals surface area contributed by atoms with Crippen molar-refractivity contribution in [2.24, 2.45) is 5.92 Å². The summed E-state index contributed by atoms with van der Waals surface area (Å²) in [7, 11) is 0.159. The zero-order chi connectivity index (χ0) is 24.2. The van der Waals surface area contributed by atoms with Crippen molar-refractivity contribution in [2.45, 2.75) is 37.3 Å². The molecule has 0 unspecified atom stereocenters. The molecule has 0 fully saturated rings. The molecule has 0 spiro atoms. The summed E-state index contributed by atoms with van der Waals surface area (Å²) in [4.78, 5) is 17.1. The fourth-order valence-corrected chi connectivity index (χ4v) is 4.96. The number of rotatable bonds is 7. The Balaban J connectivity index is 1.97. The van der Waals surface area contributed by atoms with Crippen LogP contribution < -0.4 is 9.46 Å². The van der Waals surface area contributed by atoms with Crippen LogP contribution in [-0.2, 0) is 21.2 Å². The van der Waals surface area contributed by atoms with Gasteiger partial charge in [0.1, 0.15) is 11.9 Å². The van der Waals surface area contributed by atoms with Gasteiger partial charge in [-0.3, -0.25) is 9.52 Å². The molecule has 3 rings (SSSR count). The van der Waals surface area contributed by atoms with Gasteiger partial charge in [-0.25, -0.2) is 8.42 Å². The van der Waals surface area contributed by atoms with Crippen molar-refractivity contribution < 1.29 is 23.1 Å². The molecule has 2 aromatic rings. The molecule has 9 heteroatoms. The molecule has 0 saturated heterocycles. The number of fused-ring (bicyclic) bond motifs is 1. The van der Waals surface area contributed by atoms with E-state index in [1.54, 1.807) is 41.3 Å². The number of nitrogens with one attached hydrogen (secondary N) is 1. The lowest BCUT2D eigenvalue weighted by Gasteiger charge is -2.33. The van der Waals surface area contributed by atoms with Crippen molar-refractivity contribution >= 4 is 21.6 Å². The molecular weight excluding hydrogens is 442 g/mol. The molecule has 1 amide bonds. The molecule has 180 valence electrons. The molecule has 2 N–H and O–H groups in total. The highest BCUT2D eigenvalue weighted by Crippen LogP contribution is 2.30. The molecule has 1 aliphatic rings. The minimum absolute atomic E-state index is 0.0209. The van der Waals surface area contributed by atoms with Gasteiger partial charge in [-0.15, -0.1) is 0 Å². The number of hydrogen-bond acceptors (Lipinski definition) is 6. The van der Waals surface area contributed by atoms with Gasteiger partial charge >= 0.3 is 0 Å². The molecule has 0 saturated carbocycles. The maximum absolute atomic E-state index is 13.2. The number of ether oxygens (including phenoxy) is 1. The van der Waals surface area contributed by atoms with E-state index in [9.17, 15) is 18.3 Å². The lowest BCUT2D eigenvalue weighted by molar-refractivity contribution is -0.134. The highest BCUT2D eigenvalue weighted by molar-refractivity contribution is 7.92. The second kappa shape index (κ2) is 10.5. The first kappa shape index (κ1) is 25.0. The number of benzene rings is 2. The van der Waals surface area contributed by atoms with Crippen LogP contribution in [0.2, 0.25) is 0 Å². The molecular formula is C24H33N3O5S. The Bertz CT molecular complexity index is 1060. The number of sulfonamides is 1. The number of likely N-dealkylation sites (N-methyl/N-ethyl adjacent to an activating group) is 1. The van der Waals surface area contributed by atoms with E-state index in [4.69, 9.17) is 4.74 Å². The number of aliphatic hydroxyl groups excluding tert-OH is 1. The second-order valence-electron chi connectivity index (χ2n) is 8.89. The largest absolute Gasteiger partial charge is 0.488 e. The molecule has 33 heavy (non-hydrogen) atoms. The lowest BCUT2D eigenvalue weighted by Crippen LogP contribution is -2.47. The van der Waals surface area contributed by atoms with Crippen molar-refractivity contribution in [1.82, 2.24) is 9.80 Å². The number of nitrogens with zero attached hydrogens (tertiary/aromatic N) is 2. The quantitative estimate of drug-likeness (QED) is 0.637. The second-order valence-corrected chi connectivity index (χ2v) is 10.6. The predicted octanol–water partition coefficient (Wildman–Crippen LogP) is 2.20. The van der Waals surface area contributed by atoms with Gasteiger partial charge in [-0.2, -0.15) is 0 Å². The summed E-state index contributed by atoms with van der Waals surface area (Å²) >= 11 is 0. The Morgan fingerprint density at radius 3 is 2.55 bits per heavy atom. The lowest BCUT2D eigenvalue weighted by atomic mass is 10.0. The van der Waals surface area contributed by atoms with E-state index in [1.165, 1.54) is 12.1 Å². The van der Waals surface area contributed by atoms with E-state index in [0.29, 0.717) is 30.1 Å². The Hall–Kier alpha value is -2.62.